The second-order valence-electron chi connectivity index (χ2n) is 0.428. The number of nitrogens with zero attached hydrogens (tertiary/aromatic N) is 1. The first-order valence-electron chi connectivity index (χ1n) is 0.906. The summed E-state index contributed by atoms with van der Waals surface area (Å²) < 4.78 is 32.8. The molecule has 0 unspecified atom stereocenters. The molecule has 0 saturated carbocycles. The third-order valence-corrected chi connectivity index (χ3v) is 0. The molecule has 0 aromatic rings. The van der Waals surface area contributed by atoms with Crippen LogP contribution in [0.3, 0.4) is 0 Å². The molecule has 8 heavy (non-hydrogen) atoms. The van der Waals surface area contributed by atoms with Gasteiger partial charge in [-0.3, -0.25) is 4.55 Å². The van der Waals surface area contributed by atoms with Gasteiger partial charge in [0.05, 0.1) is 0 Å². The Kier molecular flexibility index (Phi) is 13.7. The zero-order valence-corrected chi connectivity index (χ0v) is 7.52. The topological polar surface area (TPSA) is 101 Å². The maximum atomic E-state index is 8.63. The second kappa shape index (κ2) is 6.98. The van der Waals surface area contributed by atoms with E-state index in [1.54, 1.807) is 0 Å². The van der Waals surface area contributed by atoms with Gasteiger partial charge >= 0.3 is 19.5 Å². The van der Waals surface area contributed by atoms with Crippen LogP contribution in [0.15, 0.2) is 0 Å². The molecule has 5 nitrogen and oxygen atoms in total. The zero-order valence-electron chi connectivity index (χ0n) is 3.73. The average molecular weight is 188 g/mol. The summed E-state index contributed by atoms with van der Waals surface area (Å²) in [6, 6.07) is 0. The van der Waals surface area contributed by atoms with Gasteiger partial charge in [-0.1, -0.05) is 0 Å². The van der Waals surface area contributed by atoms with Crippen molar-refractivity contribution < 1.29 is 37.0 Å². The summed E-state index contributed by atoms with van der Waals surface area (Å²) in [6.45, 7) is 4.75. The van der Waals surface area contributed by atoms with E-state index >= 15 is 0 Å². The monoisotopic (exact) mass is 187 g/mol. The normalized spacial score (nSPS) is 7.50. The van der Waals surface area contributed by atoms with E-state index in [1.807, 2.05) is 0 Å². The van der Waals surface area contributed by atoms with E-state index in [2.05, 4.69) is 0 Å². The Hall–Kier alpha value is -0.0166. The van der Waals surface area contributed by atoms with Gasteiger partial charge in [0.25, 0.3) is 0 Å². The SMILES string of the molecule is O=S(=O)([O-])O.[C-]#N.[Zn+2]. The molecule has 0 rings (SSSR count). The van der Waals surface area contributed by atoms with Crippen molar-refractivity contribution in [2.75, 3.05) is 0 Å². The quantitative estimate of drug-likeness (QED) is 0.230. The standard InChI is InChI=1S/CN.H2O4S.Zn/c1-2;1-5(2,3)4;/h;(H2,1,2,3,4);/q-1;;+2/p-1. The molecule has 0 aliphatic carbocycles. The van der Waals surface area contributed by atoms with Crippen LogP contribution in [0.2, 0.25) is 0 Å². The van der Waals surface area contributed by atoms with E-state index in [9.17, 15) is 0 Å². The molecule has 0 aromatic heterocycles. The van der Waals surface area contributed by atoms with Crippen LogP contribution in [0.25, 0.3) is 0 Å². The van der Waals surface area contributed by atoms with E-state index in [0.29, 0.717) is 0 Å². The summed E-state index contributed by atoms with van der Waals surface area (Å²) in [7, 11) is -4.92. The molecule has 0 atom stereocenters. The number of hydrogen-bond acceptors (Lipinski definition) is 4. The second-order valence-corrected chi connectivity index (χ2v) is 1.28. The molecule has 7 heteroatoms. The van der Waals surface area contributed by atoms with Crippen LogP contribution in [0.1, 0.15) is 0 Å². The van der Waals surface area contributed by atoms with Gasteiger partial charge in [0.1, 0.15) is 0 Å². The Morgan fingerprint density at radius 2 is 1.50 bits per heavy atom. The number of rotatable bonds is 0. The van der Waals surface area contributed by atoms with Crippen molar-refractivity contribution in [3.05, 3.63) is 6.57 Å². The van der Waals surface area contributed by atoms with Gasteiger partial charge in [0, 0.05) is 0 Å². The fraction of sp³-hybridized carbons (Fsp3) is 0. The smallest absolute Gasteiger partial charge is 0.726 e. The predicted octanol–water partition coefficient (Wildman–Crippen LogP) is -0.902. The van der Waals surface area contributed by atoms with Gasteiger partial charge in [-0.25, -0.2) is 8.42 Å². The van der Waals surface area contributed by atoms with Crippen molar-refractivity contribution in [2.45, 2.75) is 0 Å². The Morgan fingerprint density at radius 3 is 1.50 bits per heavy atom. The number of hydrogen-bond donors (Lipinski definition) is 1. The van der Waals surface area contributed by atoms with E-state index in [4.69, 9.17) is 29.4 Å². The fourth-order valence-corrected chi connectivity index (χ4v) is 0. The minimum absolute atomic E-state index is 0. The fourth-order valence-electron chi connectivity index (χ4n) is 0. The molecule has 0 saturated heterocycles. The Labute approximate surface area is 59.7 Å². The van der Waals surface area contributed by atoms with Crippen molar-refractivity contribution in [3.63, 3.8) is 0 Å². The van der Waals surface area contributed by atoms with Crippen molar-refractivity contribution in [3.8, 4) is 0 Å². The van der Waals surface area contributed by atoms with Crippen LogP contribution in [0.4, 0.5) is 0 Å². The molecule has 1 N–H and O–H groups in total. The molecular weight excluding hydrogens is 187 g/mol. The van der Waals surface area contributed by atoms with Gasteiger partial charge in [-0.2, -0.15) is 0 Å². The van der Waals surface area contributed by atoms with Gasteiger partial charge in [-0.05, 0) is 0 Å². The maximum Gasteiger partial charge on any atom is 2.00 e. The molecular formula is CHNO4SZn. The molecule has 0 heterocycles. The molecule has 0 aromatic carbocycles. The minimum atomic E-state index is -4.92. The summed E-state index contributed by atoms with van der Waals surface area (Å²) in [5, 5.41) is 6.25. The maximum absolute atomic E-state index is 8.63. The average Bonchev–Trinajstić information content (AvgIpc) is 1.36. The molecule has 0 radical (unpaired) electrons. The molecule has 0 fully saturated rings. The summed E-state index contributed by atoms with van der Waals surface area (Å²) in [6.07, 6.45) is 0. The van der Waals surface area contributed by atoms with E-state index < -0.39 is 10.4 Å². The summed E-state index contributed by atoms with van der Waals surface area (Å²) in [4.78, 5) is 0. The largest absolute Gasteiger partial charge is 2.00 e. The third-order valence-electron chi connectivity index (χ3n) is 0. The Balaban J connectivity index is -0.0000000750. The van der Waals surface area contributed by atoms with Gasteiger partial charge < -0.3 is 16.4 Å². The first-order valence-corrected chi connectivity index (χ1v) is 2.27. The third kappa shape index (κ3) is 538000. The van der Waals surface area contributed by atoms with E-state index in [-0.39, 0.29) is 19.5 Å². The van der Waals surface area contributed by atoms with Gasteiger partial charge in [0.15, 0.2) is 0 Å². The Morgan fingerprint density at radius 1 is 1.50 bits per heavy atom. The van der Waals surface area contributed by atoms with Crippen LogP contribution in [-0.2, 0) is 29.9 Å². The molecule has 42 valence electrons. The summed E-state index contributed by atoms with van der Waals surface area (Å²) in [5.41, 5.74) is 0. The summed E-state index contributed by atoms with van der Waals surface area (Å²) in [5.74, 6) is 0. The molecule has 0 bridgehead atoms. The summed E-state index contributed by atoms with van der Waals surface area (Å²) >= 11 is 0. The van der Waals surface area contributed by atoms with E-state index in [0.717, 1.165) is 0 Å². The van der Waals surface area contributed by atoms with E-state index in [1.165, 1.54) is 0 Å². The molecule has 0 amide bonds. The Bertz CT molecular complexity index is 127. The minimum Gasteiger partial charge on any atom is -0.726 e. The van der Waals surface area contributed by atoms with Crippen molar-refractivity contribution in [2.24, 2.45) is 0 Å². The predicted molar refractivity (Wildman–Crippen MR) is 17.3 cm³/mol. The molecule has 0 spiro atoms. The van der Waals surface area contributed by atoms with Gasteiger partial charge in [0.2, 0.25) is 10.4 Å². The first-order chi connectivity index (χ1) is 3.00. The van der Waals surface area contributed by atoms with Crippen LogP contribution in [-0.4, -0.2) is 17.5 Å². The van der Waals surface area contributed by atoms with Gasteiger partial charge in [-0.15, -0.1) is 0 Å². The van der Waals surface area contributed by atoms with Crippen molar-refractivity contribution in [1.82, 2.24) is 0 Å². The van der Waals surface area contributed by atoms with Crippen LogP contribution >= 0.6 is 0 Å². The van der Waals surface area contributed by atoms with Crippen LogP contribution < -0.4 is 0 Å². The zero-order chi connectivity index (χ0) is 6.50. The first kappa shape index (κ1) is 15.7. The van der Waals surface area contributed by atoms with Crippen molar-refractivity contribution >= 4 is 10.4 Å². The molecule has 0 aliphatic rings. The van der Waals surface area contributed by atoms with Crippen LogP contribution in [0, 0.1) is 11.8 Å². The molecule has 0 aliphatic heterocycles. The van der Waals surface area contributed by atoms with Crippen molar-refractivity contribution in [1.29, 1.82) is 5.26 Å². The van der Waals surface area contributed by atoms with Crippen LogP contribution in [0.5, 0.6) is 0 Å².